The number of carbonyl (C=O) groups is 4. The van der Waals surface area contributed by atoms with Gasteiger partial charge in [-0.2, -0.15) is 0 Å². The molecule has 0 spiro atoms. The normalized spacial score (nSPS) is 12.8. The van der Waals surface area contributed by atoms with E-state index in [4.69, 9.17) is 9.47 Å². The number of hydrogen-bond donors (Lipinski definition) is 1. The van der Waals surface area contributed by atoms with E-state index in [2.05, 4.69) is 10.1 Å². The maximum Gasteiger partial charge on any atom is 0.329 e. The molecule has 0 saturated carbocycles. The van der Waals surface area contributed by atoms with Crippen molar-refractivity contribution in [3.63, 3.8) is 0 Å². The Morgan fingerprint density at radius 3 is 1.80 bits per heavy atom. The number of esters is 3. The Morgan fingerprint density at radius 1 is 0.840 bits per heavy atom. The Balaban J connectivity index is 4.72. The Labute approximate surface area is 148 Å². The van der Waals surface area contributed by atoms with Crippen molar-refractivity contribution in [1.29, 1.82) is 0 Å². The number of ether oxygens (including phenoxy) is 3. The van der Waals surface area contributed by atoms with E-state index in [-0.39, 0.29) is 19.3 Å². The molecule has 1 amide bonds. The molecule has 0 aromatic heterocycles. The number of amides is 1. The van der Waals surface area contributed by atoms with Gasteiger partial charge in [0.2, 0.25) is 5.91 Å². The first-order chi connectivity index (χ1) is 11.2. The van der Waals surface area contributed by atoms with E-state index in [1.165, 1.54) is 7.11 Å². The highest BCUT2D eigenvalue weighted by Gasteiger charge is 2.29. The van der Waals surface area contributed by atoms with Gasteiger partial charge in [-0.1, -0.05) is 0 Å². The van der Waals surface area contributed by atoms with Crippen LogP contribution in [0.5, 0.6) is 0 Å². The predicted octanol–water partition coefficient (Wildman–Crippen LogP) is 1.50. The number of rotatable bonds is 7. The van der Waals surface area contributed by atoms with Crippen LogP contribution in [-0.4, -0.2) is 48.2 Å². The molecule has 0 bridgehead atoms. The van der Waals surface area contributed by atoms with Gasteiger partial charge in [0, 0.05) is 6.42 Å². The van der Waals surface area contributed by atoms with Crippen LogP contribution >= 0.6 is 0 Å². The third-order valence-corrected chi connectivity index (χ3v) is 2.60. The first kappa shape index (κ1) is 22.9. The van der Waals surface area contributed by atoms with Crippen molar-refractivity contribution in [1.82, 2.24) is 5.32 Å². The van der Waals surface area contributed by atoms with Gasteiger partial charge in [-0.3, -0.25) is 14.4 Å². The molecule has 25 heavy (non-hydrogen) atoms. The molecule has 0 aromatic carbocycles. The van der Waals surface area contributed by atoms with Crippen LogP contribution in [0.3, 0.4) is 0 Å². The van der Waals surface area contributed by atoms with Gasteiger partial charge in [0.05, 0.1) is 20.0 Å². The summed E-state index contributed by atoms with van der Waals surface area (Å²) in [7, 11) is 1.18. The Morgan fingerprint density at radius 2 is 1.36 bits per heavy atom. The van der Waals surface area contributed by atoms with Crippen molar-refractivity contribution in [3.8, 4) is 0 Å². The molecule has 0 unspecified atom stereocenters. The standard InChI is InChI=1S/C17H29NO7/c1-16(2,3)24-13(20)9-8-12(19)18-11(10-14(21)23-7)15(22)25-17(4,5)6/h11H,8-10H2,1-7H3,(H,18,19)/t11-/m0/s1. The van der Waals surface area contributed by atoms with Crippen LogP contribution in [0.15, 0.2) is 0 Å². The van der Waals surface area contributed by atoms with Gasteiger partial charge in [-0.25, -0.2) is 4.79 Å². The zero-order valence-electron chi connectivity index (χ0n) is 16.1. The SMILES string of the molecule is COC(=O)C[C@H](NC(=O)CCC(=O)OC(C)(C)C)C(=O)OC(C)(C)C. The van der Waals surface area contributed by atoms with Crippen molar-refractivity contribution in [2.45, 2.75) is 78.0 Å². The fourth-order valence-electron chi connectivity index (χ4n) is 1.69. The lowest BCUT2D eigenvalue weighted by Crippen LogP contribution is -2.45. The molecule has 0 aliphatic carbocycles. The van der Waals surface area contributed by atoms with Crippen molar-refractivity contribution in [3.05, 3.63) is 0 Å². The van der Waals surface area contributed by atoms with Gasteiger partial charge in [0.15, 0.2) is 0 Å². The second-order valence-corrected chi connectivity index (χ2v) is 7.52. The molecule has 0 aromatic rings. The predicted molar refractivity (Wildman–Crippen MR) is 89.5 cm³/mol. The molecule has 0 rings (SSSR count). The molecule has 1 N–H and O–H groups in total. The number of nitrogens with one attached hydrogen (secondary N) is 1. The molecule has 0 radical (unpaired) electrons. The second-order valence-electron chi connectivity index (χ2n) is 7.52. The van der Waals surface area contributed by atoms with Crippen LogP contribution in [0.25, 0.3) is 0 Å². The lowest BCUT2D eigenvalue weighted by Gasteiger charge is -2.24. The number of methoxy groups -OCH3 is 1. The smallest absolute Gasteiger partial charge is 0.329 e. The first-order valence-electron chi connectivity index (χ1n) is 8.04. The quantitative estimate of drug-likeness (QED) is 0.542. The summed E-state index contributed by atoms with van der Waals surface area (Å²) in [6.07, 6.45) is -0.665. The van der Waals surface area contributed by atoms with Crippen LogP contribution in [0.2, 0.25) is 0 Å². The van der Waals surface area contributed by atoms with Gasteiger partial charge in [-0.15, -0.1) is 0 Å². The zero-order valence-corrected chi connectivity index (χ0v) is 16.1. The van der Waals surface area contributed by atoms with Crippen LogP contribution in [0, 0.1) is 0 Å². The van der Waals surface area contributed by atoms with E-state index >= 15 is 0 Å². The Bertz CT molecular complexity index is 500. The van der Waals surface area contributed by atoms with E-state index in [9.17, 15) is 19.2 Å². The molecule has 0 aliphatic heterocycles. The summed E-state index contributed by atoms with van der Waals surface area (Å²) in [5.74, 6) is -2.50. The van der Waals surface area contributed by atoms with E-state index in [0.29, 0.717) is 0 Å². The largest absolute Gasteiger partial charge is 0.469 e. The maximum absolute atomic E-state index is 12.1. The summed E-state index contributed by atoms with van der Waals surface area (Å²) in [4.78, 5) is 47.2. The summed E-state index contributed by atoms with van der Waals surface area (Å²) in [6.45, 7) is 10.2. The minimum absolute atomic E-state index is 0.137. The van der Waals surface area contributed by atoms with E-state index in [1.807, 2.05) is 0 Å². The lowest BCUT2D eigenvalue weighted by molar-refractivity contribution is -0.161. The van der Waals surface area contributed by atoms with E-state index in [1.54, 1.807) is 41.5 Å². The average Bonchev–Trinajstić information content (AvgIpc) is 2.40. The zero-order chi connectivity index (χ0) is 19.8. The summed E-state index contributed by atoms with van der Waals surface area (Å²) >= 11 is 0. The molecule has 8 heteroatoms. The molecule has 8 nitrogen and oxygen atoms in total. The summed E-state index contributed by atoms with van der Waals surface area (Å²) < 4.78 is 14.8. The lowest BCUT2D eigenvalue weighted by atomic mass is 10.1. The van der Waals surface area contributed by atoms with E-state index in [0.717, 1.165) is 0 Å². The van der Waals surface area contributed by atoms with Crippen LogP contribution in [0.4, 0.5) is 0 Å². The molecule has 144 valence electrons. The second kappa shape index (κ2) is 9.39. The maximum atomic E-state index is 12.1. The third kappa shape index (κ3) is 12.0. The highest BCUT2D eigenvalue weighted by Crippen LogP contribution is 2.11. The minimum Gasteiger partial charge on any atom is -0.469 e. The monoisotopic (exact) mass is 359 g/mol. The molecule has 0 heterocycles. The number of carbonyl (C=O) groups excluding carboxylic acids is 4. The first-order valence-corrected chi connectivity index (χ1v) is 8.04. The molecular formula is C17H29NO7. The topological polar surface area (TPSA) is 108 Å². The van der Waals surface area contributed by atoms with Crippen molar-refractivity contribution < 1.29 is 33.4 Å². The molecule has 0 saturated heterocycles. The molecule has 0 fully saturated rings. The van der Waals surface area contributed by atoms with Gasteiger partial charge in [-0.05, 0) is 41.5 Å². The molecule has 1 atom stereocenters. The summed E-state index contributed by atoms with van der Waals surface area (Å²) in [6, 6.07) is -1.18. The van der Waals surface area contributed by atoms with Gasteiger partial charge in [0.1, 0.15) is 17.2 Å². The fourth-order valence-corrected chi connectivity index (χ4v) is 1.69. The average molecular weight is 359 g/mol. The van der Waals surface area contributed by atoms with Crippen molar-refractivity contribution >= 4 is 23.8 Å². The minimum atomic E-state index is -1.18. The van der Waals surface area contributed by atoms with Crippen LogP contribution in [-0.2, 0) is 33.4 Å². The van der Waals surface area contributed by atoms with Gasteiger partial charge in [0.25, 0.3) is 0 Å². The Kier molecular flexibility index (Phi) is 8.59. The summed E-state index contributed by atoms with van der Waals surface area (Å²) in [5, 5.41) is 2.40. The van der Waals surface area contributed by atoms with E-state index < -0.39 is 41.1 Å². The number of hydrogen-bond acceptors (Lipinski definition) is 7. The highest BCUT2D eigenvalue weighted by atomic mass is 16.6. The van der Waals surface area contributed by atoms with Crippen LogP contribution < -0.4 is 5.32 Å². The third-order valence-electron chi connectivity index (χ3n) is 2.60. The molecular weight excluding hydrogens is 330 g/mol. The van der Waals surface area contributed by atoms with Crippen LogP contribution in [0.1, 0.15) is 60.8 Å². The Hall–Kier alpha value is -2.12. The molecule has 0 aliphatic rings. The van der Waals surface area contributed by atoms with Gasteiger partial charge < -0.3 is 19.5 Å². The van der Waals surface area contributed by atoms with Crippen molar-refractivity contribution in [2.24, 2.45) is 0 Å². The van der Waals surface area contributed by atoms with Crippen molar-refractivity contribution in [2.75, 3.05) is 7.11 Å². The fraction of sp³-hybridized carbons (Fsp3) is 0.765. The van der Waals surface area contributed by atoms with Gasteiger partial charge >= 0.3 is 17.9 Å². The highest BCUT2D eigenvalue weighted by molar-refractivity contribution is 5.89. The summed E-state index contributed by atoms with van der Waals surface area (Å²) in [5.41, 5.74) is -1.41.